The van der Waals surface area contributed by atoms with E-state index in [2.05, 4.69) is 9.80 Å². The summed E-state index contributed by atoms with van der Waals surface area (Å²) in [6, 6.07) is 0. The zero-order chi connectivity index (χ0) is 13.9. The molecule has 9 heteroatoms. The van der Waals surface area contributed by atoms with Gasteiger partial charge in [0.05, 0.1) is 19.0 Å². The number of rotatable bonds is 5. The quantitative estimate of drug-likeness (QED) is 0.820. The number of nitrogens with two attached hydrogens (primary N) is 1. The molecule has 1 aromatic heterocycles. The Kier molecular flexibility index (Phi) is 4.61. The van der Waals surface area contributed by atoms with Gasteiger partial charge in [-0.25, -0.2) is 13.4 Å². The third-order valence-electron chi connectivity index (χ3n) is 2.73. The van der Waals surface area contributed by atoms with Gasteiger partial charge < -0.3 is 15.9 Å². The van der Waals surface area contributed by atoms with Gasteiger partial charge in [-0.3, -0.25) is 0 Å². The van der Waals surface area contributed by atoms with E-state index < -0.39 is 9.84 Å². The van der Waals surface area contributed by atoms with Gasteiger partial charge in [-0.2, -0.15) is 4.37 Å². The van der Waals surface area contributed by atoms with Gasteiger partial charge in [0.2, 0.25) is 0 Å². The molecule has 1 aromatic rings. The molecule has 0 bridgehead atoms. The van der Waals surface area contributed by atoms with Crippen LogP contribution in [-0.2, 0) is 14.6 Å². The highest BCUT2D eigenvalue weighted by Crippen LogP contribution is 2.32. The van der Waals surface area contributed by atoms with Crippen molar-refractivity contribution in [2.75, 3.05) is 43.2 Å². The summed E-state index contributed by atoms with van der Waals surface area (Å²) in [6.45, 7) is 4.47. The number of nitrogens with zero attached hydrogens (tertiary/aromatic N) is 2. The van der Waals surface area contributed by atoms with Crippen molar-refractivity contribution in [1.29, 1.82) is 0 Å². The lowest BCUT2D eigenvalue weighted by molar-refractivity contribution is 0.0497. The molecule has 1 aliphatic rings. The first-order valence-corrected chi connectivity index (χ1v) is 8.54. The Hall–Kier alpha value is -0.900. The smallest absolute Gasteiger partial charge is 0.185 e. The summed E-state index contributed by atoms with van der Waals surface area (Å²) >= 11 is 1.07. The van der Waals surface area contributed by atoms with E-state index in [0.29, 0.717) is 37.7 Å². The number of hydrogen-bond donors (Lipinski definition) is 2. The number of aromatic nitrogens is 1. The van der Waals surface area contributed by atoms with E-state index in [1.54, 1.807) is 0 Å². The normalized spacial score (nSPS) is 17.5. The fraction of sp³-hybridized carbons (Fsp3) is 0.700. The average molecular weight is 306 g/mol. The molecule has 1 saturated heterocycles. The third-order valence-corrected chi connectivity index (χ3v) is 5.60. The van der Waals surface area contributed by atoms with Gasteiger partial charge in [0, 0.05) is 13.1 Å². The molecule has 19 heavy (non-hydrogen) atoms. The Labute approximate surface area is 116 Å². The van der Waals surface area contributed by atoms with Crippen LogP contribution in [0.5, 0.6) is 0 Å². The molecule has 0 atom stereocenters. The van der Waals surface area contributed by atoms with Crippen molar-refractivity contribution < 1.29 is 13.2 Å². The van der Waals surface area contributed by atoms with E-state index >= 15 is 0 Å². The highest BCUT2D eigenvalue weighted by atomic mass is 32.2. The second kappa shape index (κ2) is 6.04. The molecule has 0 radical (unpaired) electrons. The van der Waals surface area contributed by atoms with Crippen LogP contribution < -0.4 is 11.2 Å². The zero-order valence-electron chi connectivity index (χ0n) is 10.8. The Morgan fingerprint density at radius 2 is 2.16 bits per heavy atom. The van der Waals surface area contributed by atoms with E-state index in [9.17, 15) is 8.42 Å². The molecule has 1 aliphatic heterocycles. The number of ether oxygens (including phenoxy) is 1. The van der Waals surface area contributed by atoms with Crippen molar-refractivity contribution in [1.82, 2.24) is 9.38 Å². The Morgan fingerprint density at radius 3 is 2.79 bits per heavy atom. The summed E-state index contributed by atoms with van der Waals surface area (Å²) in [4.78, 5) is 0.130. The molecule has 0 unspecified atom stereocenters. The maximum atomic E-state index is 12.2. The van der Waals surface area contributed by atoms with E-state index in [1.165, 1.54) is 0 Å². The molecule has 0 spiro atoms. The average Bonchev–Trinajstić information content (AvgIpc) is 2.72. The van der Waals surface area contributed by atoms with Crippen molar-refractivity contribution in [2.24, 2.45) is 0 Å². The van der Waals surface area contributed by atoms with Crippen LogP contribution >= 0.6 is 11.5 Å². The molecule has 3 N–H and O–H groups in total. The third kappa shape index (κ3) is 3.35. The van der Waals surface area contributed by atoms with Crippen LogP contribution in [0, 0.1) is 0 Å². The van der Waals surface area contributed by atoms with Crippen LogP contribution in [0.1, 0.15) is 13.3 Å². The molecular weight excluding hydrogens is 288 g/mol. The minimum Gasteiger partial charge on any atom is -0.382 e. The Morgan fingerprint density at radius 1 is 1.47 bits per heavy atom. The second-order valence-corrected chi connectivity index (χ2v) is 7.08. The molecule has 2 rings (SSSR count). The topological polar surface area (TPSA) is 97.5 Å². The SMILES string of the molecule is CCCS(=O)(=O)c1c(N)nsc1NN1CCOCC1. The van der Waals surface area contributed by atoms with Crippen molar-refractivity contribution in [3.63, 3.8) is 0 Å². The summed E-state index contributed by atoms with van der Waals surface area (Å²) < 4.78 is 33.6. The van der Waals surface area contributed by atoms with Gasteiger partial charge >= 0.3 is 0 Å². The van der Waals surface area contributed by atoms with E-state index in [-0.39, 0.29) is 16.5 Å². The van der Waals surface area contributed by atoms with Crippen LogP contribution in [0.3, 0.4) is 0 Å². The van der Waals surface area contributed by atoms with E-state index in [1.807, 2.05) is 11.9 Å². The number of hydrogen-bond acceptors (Lipinski definition) is 8. The predicted molar refractivity (Wildman–Crippen MR) is 74.9 cm³/mol. The van der Waals surface area contributed by atoms with Gasteiger partial charge in [0.15, 0.2) is 15.7 Å². The molecule has 108 valence electrons. The zero-order valence-corrected chi connectivity index (χ0v) is 12.4. The van der Waals surface area contributed by atoms with Crippen molar-refractivity contribution in [3.05, 3.63) is 0 Å². The number of nitrogen functional groups attached to an aromatic ring is 1. The monoisotopic (exact) mass is 306 g/mol. The van der Waals surface area contributed by atoms with E-state index in [0.717, 1.165) is 11.5 Å². The number of nitrogens with one attached hydrogen (secondary N) is 1. The Bertz CT molecular complexity index is 523. The van der Waals surface area contributed by atoms with Crippen LogP contribution in [0.15, 0.2) is 4.90 Å². The van der Waals surface area contributed by atoms with Gasteiger partial charge in [0.1, 0.15) is 9.90 Å². The first kappa shape index (κ1) is 14.5. The molecule has 2 heterocycles. The van der Waals surface area contributed by atoms with Crippen LogP contribution in [0.4, 0.5) is 10.8 Å². The highest BCUT2D eigenvalue weighted by Gasteiger charge is 2.26. The Balaban J connectivity index is 2.22. The first-order chi connectivity index (χ1) is 9.04. The molecule has 7 nitrogen and oxygen atoms in total. The number of morpholine rings is 1. The fourth-order valence-electron chi connectivity index (χ4n) is 1.86. The van der Waals surface area contributed by atoms with Crippen molar-refractivity contribution in [2.45, 2.75) is 18.2 Å². The van der Waals surface area contributed by atoms with Crippen molar-refractivity contribution >= 4 is 32.2 Å². The maximum Gasteiger partial charge on any atom is 0.185 e. The van der Waals surface area contributed by atoms with Crippen LogP contribution in [-0.4, -0.2) is 49.9 Å². The second-order valence-electron chi connectivity index (χ2n) is 4.26. The van der Waals surface area contributed by atoms with Gasteiger partial charge in [0.25, 0.3) is 0 Å². The summed E-state index contributed by atoms with van der Waals surface area (Å²) in [6.07, 6.45) is 0.550. The highest BCUT2D eigenvalue weighted by molar-refractivity contribution is 7.91. The van der Waals surface area contributed by atoms with Crippen LogP contribution in [0.2, 0.25) is 0 Å². The molecule has 0 aromatic carbocycles. The standard InChI is InChI=1S/C10H18N4O3S2/c1-2-7-19(15,16)8-9(11)13-18-10(8)12-14-3-5-17-6-4-14/h12H,2-7H2,1H3,(H2,11,13). The maximum absolute atomic E-state index is 12.2. The summed E-state index contributed by atoms with van der Waals surface area (Å²) in [5.41, 5.74) is 8.78. The van der Waals surface area contributed by atoms with Crippen molar-refractivity contribution in [3.8, 4) is 0 Å². The first-order valence-electron chi connectivity index (χ1n) is 6.12. The number of hydrazine groups is 1. The largest absolute Gasteiger partial charge is 0.382 e. The van der Waals surface area contributed by atoms with Gasteiger partial charge in [-0.15, -0.1) is 0 Å². The van der Waals surface area contributed by atoms with Gasteiger partial charge in [-0.05, 0) is 18.0 Å². The molecule has 1 fully saturated rings. The summed E-state index contributed by atoms with van der Waals surface area (Å²) in [5, 5.41) is 2.41. The summed E-state index contributed by atoms with van der Waals surface area (Å²) in [5.74, 6) is 0.155. The number of sulfone groups is 1. The lowest BCUT2D eigenvalue weighted by Crippen LogP contribution is -2.40. The molecule has 0 saturated carbocycles. The number of anilines is 2. The lowest BCUT2D eigenvalue weighted by atomic mass is 10.5. The minimum absolute atomic E-state index is 0.0768. The van der Waals surface area contributed by atoms with E-state index in [4.69, 9.17) is 10.5 Å². The minimum atomic E-state index is -3.38. The predicted octanol–water partition coefficient (Wildman–Crippen LogP) is 0.568. The van der Waals surface area contributed by atoms with Crippen LogP contribution in [0.25, 0.3) is 0 Å². The summed E-state index contributed by atoms with van der Waals surface area (Å²) in [7, 11) is -3.38. The fourth-order valence-corrected chi connectivity index (χ4v) is 4.48. The molecule has 0 aliphatic carbocycles. The van der Waals surface area contributed by atoms with Gasteiger partial charge in [-0.1, -0.05) is 6.92 Å². The lowest BCUT2D eigenvalue weighted by Gasteiger charge is -2.27. The molecular formula is C10H18N4O3S2. The molecule has 0 amide bonds.